The van der Waals surface area contributed by atoms with Gasteiger partial charge in [-0.3, -0.25) is 0 Å². The number of hydrogen-bond acceptors (Lipinski definition) is 3. The van der Waals surface area contributed by atoms with Crippen LogP contribution in [-0.2, 0) is 6.54 Å². The second-order valence-corrected chi connectivity index (χ2v) is 5.04. The van der Waals surface area contributed by atoms with Crippen molar-refractivity contribution in [1.29, 1.82) is 0 Å². The lowest BCUT2D eigenvalue weighted by Crippen LogP contribution is -2.07. The van der Waals surface area contributed by atoms with E-state index in [0.717, 1.165) is 16.8 Å². The summed E-state index contributed by atoms with van der Waals surface area (Å²) in [6.07, 6.45) is 0. The van der Waals surface area contributed by atoms with E-state index in [1.165, 1.54) is 18.2 Å². The van der Waals surface area contributed by atoms with Gasteiger partial charge in [0.1, 0.15) is 23.1 Å². The van der Waals surface area contributed by atoms with Gasteiger partial charge in [-0.05, 0) is 29.8 Å². The van der Waals surface area contributed by atoms with Crippen LogP contribution in [0, 0.1) is 17.5 Å². The van der Waals surface area contributed by atoms with Crippen molar-refractivity contribution in [2.24, 2.45) is 0 Å². The van der Waals surface area contributed by atoms with Crippen LogP contribution >= 0.6 is 0 Å². The third-order valence-corrected chi connectivity index (χ3v) is 3.30. The molecule has 2 aromatic carbocycles. The van der Waals surface area contributed by atoms with Crippen molar-refractivity contribution >= 4 is 5.97 Å². The van der Waals surface area contributed by atoms with Gasteiger partial charge in [-0.25, -0.2) is 22.6 Å². The molecule has 24 heavy (non-hydrogen) atoms. The summed E-state index contributed by atoms with van der Waals surface area (Å²) < 4.78 is 41.4. The summed E-state index contributed by atoms with van der Waals surface area (Å²) in [5.41, 5.74) is -0.0390. The molecule has 0 unspecified atom stereocenters. The normalized spacial score (nSPS) is 10.8. The molecule has 0 aliphatic heterocycles. The van der Waals surface area contributed by atoms with Crippen LogP contribution in [0.25, 0.3) is 11.3 Å². The Morgan fingerprint density at radius 2 is 1.75 bits per heavy atom. The molecule has 122 valence electrons. The van der Waals surface area contributed by atoms with Crippen molar-refractivity contribution in [3.63, 3.8) is 0 Å². The Labute approximate surface area is 134 Å². The highest BCUT2D eigenvalue weighted by Gasteiger charge is 2.22. The van der Waals surface area contributed by atoms with Crippen molar-refractivity contribution in [3.8, 4) is 11.3 Å². The predicted octanol–water partition coefficient (Wildman–Crippen LogP) is 3.11. The fraction of sp³-hybridized carbons (Fsp3) is 0.0625. The number of nitrogens with zero attached hydrogens (tertiary/aromatic N) is 3. The summed E-state index contributed by atoms with van der Waals surface area (Å²) in [4.78, 5) is 11.3. The molecule has 1 heterocycles. The molecule has 0 amide bonds. The number of carboxylic acids is 1. The van der Waals surface area contributed by atoms with Gasteiger partial charge in [-0.15, -0.1) is 5.10 Å². The van der Waals surface area contributed by atoms with Crippen molar-refractivity contribution in [1.82, 2.24) is 15.0 Å². The topological polar surface area (TPSA) is 68.0 Å². The highest BCUT2D eigenvalue weighted by Crippen LogP contribution is 2.25. The second kappa shape index (κ2) is 6.15. The van der Waals surface area contributed by atoms with Crippen molar-refractivity contribution in [3.05, 3.63) is 71.2 Å². The van der Waals surface area contributed by atoms with Gasteiger partial charge in [-0.1, -0.05) is 17.3 Å². The van der Waals surface area contributed by atoms with E-state index in [0.29, 0.717) is 11.6 Å². The number of hydrogen-bond donors (Lipinski definition) is 1. The summed E-state index contributed by atoms with van der Waals surface area (Å²) in [6.45, 7) is -0.00843. The Morgan fingerprint density at radius 3 is 2.38 bits per heavy atom. The molecule has 0 fully saturated rings. The molecule has 0 aliphatic rings. The quantitative estimate of drug-likeness (QED) is 0.797. The molecule has 0 aliphatic carbocycles. The molecule has 0 spiro atoms. The van der Waals surface area contributed by atoms with Crippen LogP contribution in [0.3, 0.4) is 0 Å². The number of aromatic nitrogens is 3. The maximum Gasteiger partial charge on any atom is 0.358 e. The minimum absolute atomic E-state index is 0.00843. The van der Waals surface area contributed by atoms with Gasteiger partial charge in [0.25, 0.3) is 0 Å². The van der Waals surface area contributed by atoms with Crippen LogP contribution in [0.5, 0.6) is 0 Å². The van der Waals surface area contributed by atoms with E-state index in [-0.39, 0.29) is 17.8 Å². The Kier molecular flexibility index (Phi) is 4.03. The maximum absolute atomic E-state index is 13.5. The van der Waals surface area contributed by atoms with Gasteiger partial charge in [0, 0.05) is 11.6 Å². The number of carboxylic acid groups (broad SMARTS) is 1. The zero-order chi connectivity index (χ0) is 17.3. The smallest absolute Gasteiger partial charge is 0.358 e. The Morgan fingerprint density at radius 1 is 1.04 bits per heavy atom. The molecule has 0 bridgehead atoms. The largest absolute Gasteiger partial charge is 0.476 e. The number of benzene rings is 2. The Balaban J connectivity index is 2.12. The van der Waals surface area contributed by atoms with Crippen molar-refractivity contribution in [2.75, 3.05) is 0 Å². The van der Waals surface area contributed by atoms with Crippen LogP contribution in [0.4, 0.5) is 13.2 Å². The fourth-order valence-corrected chi connectivity index (χ4v) is 2.35. The van der Waals surface area contributed by atoms with Gasteiger partial charge >= 0.3 is 5.97 Å². The van der Waals surface area contributed by atoms with E-state index in [1.54, 1.807) is 6.07 Å². The van der Waals surface area contributed by atoms with Crippen LogP contribution in [0.2, 0.25) is 0 Å². The second-order valence-electron chi connectivity index (χ2n) is 5.04. The van der Waals surface area contributed by atoms with Gasteiger partial charge < -0.3 is 5.11 Å². The lowest BCUT2D eigenvalue weighted by Gasteiger charge is -2.08. The first-order chi connectivity index (χ1) is 11.4. The molecule has 5 nitrogen and oxygen atoms in total. The van der Waals surface area contributed by atoms with E-state index < -0.39 is 29.1 Å². The maximum atomic E-state index is 13.5. The summed E-state index contributed by atoms with van der Waals surface area (Å²) in [5, 5.41) is 16.5. The number of carbonyl (C=O) groups is 1. The lowest BCUT2D eigenvalue weighted by molar-refractivity contribution is 0.0691. The minimum atomic E-state index is -1.39. The minimum Gasteiger partial charge on any atom is -0.476 e. The van der Waals surface area contributed by atoms with Crippen LogP contribution in [0.1, 0.15) is 16.1 Å². The van der Waals surface area contributed by atoms with E-state index in [9.17, 15) is 23.1 Å². The molecule has 0 atom stereocenters. The molecular weight excluding hydrogens is 323 g/mol. The highest BCUT2D eigenvalue weighted by molar-refractivity contribution is 5.92. The monoisotopic (exact) mass is 333 g/mol. The van der Waals surface area contributed by atoms with E-state index >= 15 is 0 Å². The van der Waals surface area contributed by atoms with Crippen LogP contribution < -0.4 is 0 Å². The first-order valence-electron chi connectivity index (χ1n) is 6.82. The average molecular weight is 333 g/mol. The fourth-order valence-electron chi connectivity index (χ4n) is 2.35. The number of halogens is 3. The molecule has 3 aromatic rings. The molecule has 8 heteroatoms. The summed E-state index contributed by atoms with van der Waals surface area (Å²) in [5.74, 6) is -3.58. The predicted molar refractivity (Wildman–Crippen MR) is 77.8 cm³/mol. The molecule has 1 aromatic heterocycles. The van der Waals surface area contributed by atoms with Gasteiger partial charge in [0.15, 0.2) is 5.69 Å². The summed E-state index contributed by atoms with van der Waals surface area (Å²) in [7, 11) is 0. The van der Waals surface area contributed by atoms with E-state index in [1.807, 2.05) is 0 Å². The Bertz CT molecular complexity index is 904. The molecule has 0 saturated carbocycles. The number of rotatable bonds is 4. The zero-order valence-electron chi connectivity index (χ0n) is 12.1. The first-order valence-corrected chi connectivity index (χ1v) is 6.82. The average Bonchev–Trinajstić information content (AvgIpc) is 2.90. The molecule has 1 N–H and O–H groups in total. The third kappa shape index (κ3) is 3.12. The van der Waals surface area contributed by atoms with Gasteiger partial charge in [-0.2, -0.15) is 0 Å². The molecular formula is C16H10F3N3O2. The number of aromatic carboxylic acids is 1. The first kappa shape index (κ1) is 15.7. The third-order valence-electron chi connectivity index (χ3n) is 3.30. The standard InChI is InChI=1S/C16H10F3N3O2/c17-11-3-1-2-9(4-11)8-22-15(14(16(23)24)20-21-22)10-5-12(18)7-13(19)6-10/h1-7H,8H2,(H,23,24). The zero-order valence-corrected chi connectivity index (χ0v) is 12.1. The lowest BCUT2D eigenvalue weighted by atomic mass is 10.1. The van der Waals surface area contributed by atoms with E-state index in [4.69, 9.17) is 0 Å². The molecule has 0 radical (unpaired) electrons. The van der Waals surface area contributed by atoms with Gasteiger partial charge in [0.2, 0.25) is 0 Å². The molecule has 3 rings (SSSR count). The summed E-state index contributed by atoms with van der Waals surface area (Å²) >= 11 is 0. The molecule has 0 saturated heterocycles. The van der Waals surface area contributed by atoms with Gasteiger partial charge in [0.05, 0.1) is 6.54 Å². The highest BCUT2D eigenvalue weighted by atomic mass is 19.1. The van der Waals surface area contributed by atoms with Crippen molar-refractivity contribution < 1.29 is 23.1 Å². The van der Waals surface area contributed by atoms with Crippen LogP contribution in [-0.4, -0.2) is 26.1 Å². The summed E-state index contributed by atoms with van der Waals surface area (Å²) in [6, 6.07) is 8.24. The van der Waals surface area contributed by atoms with E-state index in [2.05, 4.69) is 10.3 Å². The SMILES string of the molecule is O=C(O)c1nnn(Cc2cccc(F)c2)c1-c1cc(F)cc(F)c1. The van der Waals surface area contributed by atoms with Crippen molar-refractivity contribution in [2.45, 2.75) is 6.54 Å². The van der Waals surface area contributed by atoms with Crippen LogP contribution in [0.15, 0.2) is 42.5 Å². The Hall–Kier alpha value is -3.16.